The second-order valence-electron chi connectivity index (χ2n) is 6.64. The van der Waals surface area contributed by atoms with Crippen LogP contribution in [0.5, 0.6) is 59.1 Å². The van der Waals surface area contributed by atoms with Gasteiger partial charge in [-0.15, -0.1) is 29.9 Å². The molecule has 186 valence electrons. The van der Waals surface area contributed by atoms with Crippen molar-refractivity contribution in [2.75, 3.05) is 14.2 Å². The van der Waals surface area contributed by atoms with Crippen molar-refractivity contribution in [2.45, 2.75) is 0 Å². The molecule has 5 rings (SSSR count). The van der Waals surface area contributed by atoms with Crippen LogP contribution in [0.4, 0.5) is 0 Å². The van der Waals surface area contributed by atoms with Gasteiger partial charge in [0.1, 0.15) is 23.0 Å². The number of ether oxygens (including phenoxy) is 6. The summed E-state index contributed by atoms with van der Waals surface area (Å²) in [5.74, 6) is -0.900. The summed E-state index contributed by atoms with van der Waals surface area (Å²) in [6, 6.07) is 9.18. The average Bonchev–Trinajstić information content (AvgIpc) is 2.83. The zero-order valence-corrected chi connectivity index (χ0v) is 19.8. The third-order valence-electron chi connectivity index (χ3n) is 4.27. The Labute approximate surface area is 217 Å². The number of carboxylic acids is 1. The number of methoxy groups -OCH3 is 2. The quantitative estimate of drug-likeness (QED) is 0.281. The van der Waals surface area contributed by atoms with Crippen LogP contribution < -0.4 is 33.5 Å². The third kappa shape index (κ3) is 5.57. The summed E-state index contributed by atoms with van der Waals surface area (Å²) >= 11 is 0. The van der Waals surface area contributed by atoms with Crippen molar-refractivity contribution in [1.29, 1.82) is 0 Å². The van der Waals surface area contributed by atoms with Gasteiger partial charge >= 0.3 is 58.4 Å². The Morgan fingerprint density at radius 1 is 0.667 bits per heavy atom. The molecule has 0 N–H and O–H groups in total. The smallest absolute Gasteiger partial charge is 0.545 e. The molecule has 8 bridgehead atoms. The van der Waals surface area contributed by atoms with E-state index in [0.29, 0.717) is 11.5 Å². The molecule has 14 nitrogen and oxygen atoms in total. The molecule has 1 aliphatic heterocycles. The molecular weight excluding hydrogens is 572 g/mol. The molecule has 0 aliphatic carbocycles. The van der Waals surface area contributed by atoms with Crippen molar-refractivity contribution < 1.29 is 60.7 Å². The SMILES string of the molecule is COc1nc2nc(n1)Oc1cc(cc(C(=O)[O-])c1)Oc1nc(OC)nc(n1)Oc1cccc(c1)O2.[Ag+]. The molecule has 0 amide bonds. The number of aromatic carboxylic acids is 1. The molecule has 0 atom stereocenters. The fraction of sp³-hybridized carbons (Fsp3) is 0.0952. The van der Waals surface area contributed by atoms with Crippen molar-refractivity contribution in [3.05, 3.63) is 48.0 Å². The standard InChI is InChI=1S/C21H14N6O8.Ag/c1-30-16-22-18-26-20(24-16)34-13-6-10(15(28)29)7-14(9-13)35-21-25-17(31-2)23-19(27-21)33-12-5-3-4-11(8-12)32-18;/h3-9H,1-2H3,(H,28,29);/q;+1/p-1. The van der Waals surface area contributed by atoms with Gasteiger partial charge in [0.05, 0.1) is 20.2 Å². The van der Waals surface area contributed by atoms with Crippen LogP contribution in [0.2, 0.25) is 0 Å². The second-order valence-corrected chi connectivity index (χ2v) is 6.64. The summed E-state index contributed by atoms with van der Waals surface area (Å²) in [4.78, 5) is 35.8. The fourth-order valence-electron chi connectivity index (χ4n) is 2.84. The van der Waals surface area contributed by atoms with Gasteiger partial charge in [0, 0.05) is 17.7 Å². The van der Waals surface area contributed by atoms with E-state index in [0.717, 1.165) is 0 Å². The van der Waals surface area contributed by atoms with E-state index in [2.05, 4.69) is 29.9 Å². The number of carboxylic acid groups (broad SMARTS) is 1. The molecule has 0 spiro atoms. The molecule has 0 fully saturated rings. The molecule has 2 aromatic heterocycles. The van der Waals surface area contributed by atoms with Gasteiger partial charge in [0.25, 0.3) is 0 Å². The molecule has 0 saturated heterocycles. The summed E-state index contributed by atoms with van der Waals surface area (Å²) in [5, 5.41) is 11.6. The molecule has 0 radical (unpaired) electrons. The van der Waals surface area contributed by atoms with Crippen molar-refractivity contribution >= 4 is 5.97 Å². The maximum atomic E-state index is 11.6. The Morgan fingerprint density at radius 2 is 1.06 bits per heavy atom. The van der Waals surface area contributed by atoms with Gasteiger partial charge < -0.3 is 38.3 Å². The first-order chi connectivity index (χ1) is 17.0. The van der Waals surface area contributed by atoms with Crippen LogP contribution in [0.25, 0.3) is 0 Å². The van der Waals surface area contributed by atoms with E-state index in [9.17, 15) is 9.90 Å². The summed E-state index contributed by atoms with van der Waals surface area (Å²) in [6.07, 6.45) is 0. The molecule has 2 aromatic carbocycles. The van der Waals surface area contributed by atoms with E-state index in [1.54, 1.807) is 18.2 Å². The van der Waals surface area contributed by atoms with Crippen LogP contribution in [0, 0.1) is 0 Å². The first kappa shape index (κ1) is 24.6. The Bertz CT molecular complexity index is 1350. The molecular formula is C21H13AgN6O8. The zero-order chi connectivity index (χ0) is 24.4. The summed E-state index contributed by atoms with van der Waals surface area (Å²) in [7, 11) is 2.70. The van der Waals surface area contributed by atoms with Gasteiger partial charge in [-0.25, -0.2) is 0 Å². The predicted molar refractivity (Wildman–Crippen MR) is 110 cm³/mol. The predicted octanol–water partition coefficient (Wildman–Crippen LogP) is 1.92. The van der Waals surface area contributed by atoms with Gasteiger partial charge in [-0.3, -0.25) is 0 Å². The number of hydrogen-bond acceptors (Lipinski definition) is 14. The van der Waals surface area contributed by atoms with Gasteiger partial charge in [-0.05, 0) is 24.3 Å². The van der Waals surface area contributed by atoms with Crippen LogP contribution in [0.3, 0.4) is 0 Å². The minimum absolute atomic E-state index is 0. The zero-order valence-electron chi connectivity index (χ0n) is 18.3. The normalized spacial score (nSPS) is 11.4. The number of carbonyl (C=O) groups excluding carboxylic acids is 1. The molecule has 1 aliphatic rings. The molecule has 0 saturated carbocycles. The Balaban J connectivity index is 0.00000304. The summed E-state index contributed by atoms with van der Waals surface area (Å²) in [6.45, 7) is 0. The molecule has 4 aromatic rings. The van der Waals surface area contributed by atoms with Crippen LogP contribution >= 0.6 is 0 Å². The van der Waals surface area contributed by atoms with Crippen molar-refractivity contribution in [1.82, 2.24) is 29.9 Å². The number of carbonyl (C=O) groups is 1. The largest absolute Gasteiger partial charge is 1.00 e. The van der Waals surface area contributed by atoms with Gasteiger partial charge in [0.15, 0.2) is 0 Å². The number of hydrogen-bond donors (Lipinski definition) is 0. The van der Waals surface area contributed by atoms with Gasteiger partial charge in [-0.1, -0.05) is 6.07 Å². The summed E-state index contributed by atoms with van der Waals surface area (Å²) < 4.78 is 32.9. The van der Waals surface area contributed by atoms with E-state index in [1.807, 2.05) is 0 Å². The number of benzene rings is 2. The maximum absolute atomic E-state index is 11.6. The fourth-order valence-corrected chi connectivity index (χ4v) is 2.84. The minimum Gasteiger partial charge on any atom is -0.545 e. The van der Waals surface area contributed by atoms with E-state index < -0.39 is 5.97 Å². The topological polar surface area (TPSA) is 173 Å². The van der Waals surface area contributed by atoms with Crippen LogP contribution in [0.15, 0.2) is 42.5 Å². The van der Waals surface area contributed by atoms with Crippen molar-refractivity contribution in [3.8, 4) is 59.1 Å². The molecule has 0 unspecified atom stereocenters. The van der Waals surface area contributed by atoms with Crippen LogP contribution in [-0.4, -0.2) is 50.1 Å². The average molecular weight is 585 g/mol. The Kier molecular flexibility index (Phi) is 7.10. The van der Waals surface area contributed by atoms with E-state index in [1.165, 1.54) is 38.5 Å². The van der Waals surface area contributed by atoms with Crippen molar-refractivity contribution in [2.24, 2.45) is 0 Å². The maximum Gasteiger partial charge on any atom is 1.00 e. The summed E-state index contributed by atoms with van der Waals surface area (Å²) in [5.41, 5.74) is -0.261. The number of nitrogens with zero attached hydrogens (tertiary/aromatic N) is 6. The number of fused-ring (bicyclic) bond motifs is 8. The van der Waals surface area contributed by atoms with Gasteiger partial charge in [-0.2, -0.15) is 0 Å². The third-order valence-corrected chi connectivity index (χ3v) is 4.27. The van der Waals surface area contributed by atoms with Crippen LogP contribution in [-0.2, 0) is 22.4 Å². The first-order valence-electron chi connectivity index (χ1n) is 9.75. The van der Waals surface area contributed by atoms with Crippen LogP contribution in [0.1, 0.15) is 10.4 Å². The van der Waals surface area contributed by atoms with Crippen molar-refractivity contribution in [3.63, 3.8) is 0 Å². The number of aromatic nitrogens is 6. The van der Waals surface area contributed by atoms with E-state index in [4.69, 9.17) is 28.4 Å². The minimum atomic E-state index is -1.48. The van der Waals surface area contributed by atoms with Gasteiger partial charge in [0.2, 0.25) is 0 Å². The Hall–Kier alpha value is -4.53. The Morgan fingerprint density at radius 3 is 1.44 bits per heavy atom. The monoisotopic (exact) mass is 584 g/mol. The number of rotatable bonds is 3. The molecule has 3 heterocycles. The first-order valence-corrected chi connectivity index (χ1v) is 9.75. The molecule has 15 heteroatoms. The molecule has 36 heavy (non-hydrogen) atoms. The van der Waals surface area contributed by atoms with E-state index >= 15 is 0 Å². The van der Waals surface area contributed by atoms with E-state index in [-0.39, 0.29) is 75.5 Å². The second kappa shape index (κ2) is 10.4.